The molecule has 0 aromatic carbocycles. The second-order valence-corrected chi connectivity index (χ2v) is 7.81. The van der Waals surface area contributed by atoms with Crippen LogP contribution in [0.5, 0.6) is 0 Å². The van der Waals surface area contributed by atoms with E-state index in [1.54, 1.807) is 0 Å². The summed E-state index contributed by atoms with van der Waals surface area (Å²) in [5.74, 6) is 0. The second-order valence-electron chi connectivity index (χ2n) is 7.81. The summed E-state index contributed by atoms with van der Waals surface area (Å²) in [5.41, 5.74) is 0. The number of hydrogen-bond acceptors (Lipinski definition) is 2. The van der Waals surface area contributed by atoms with Gasteiger partial charge in [0.15, 0.2) is 0 Å². The zero-order valence-corrected chi connectivity index (χ0v) is 15.7. The first kappa shape index (κ1) is 26.2. The lowest BCUT2D eigenvalue weighted by Crippen LogP contribution is -2.34. The standard InChI is InChI=1S/C10H21N.C10H20O.2CH4/c2*1-9(2)11-10-7-5-3-4-6-8-10;;/h9-11H,3-8H2,1-2H3;9-10H,3-8H2,1-2H3;2*1H4. The highest BCUT2D eigenvalue weighted by Crippen LogP contribution is 2.20. The summed E-state index contributed by atoms with van der Waals surface area (Å²) in [5, 5.41) is 3.62. The van der Waals surface area contributed by atoms with Gasteiger partial charge in [-0.25, -0.2) is 0 Å². The number of rotatable bonds is 4. The van der Waals surface area contributed by atoms with Crippen molar-refractivity contribution in [3.8, 4) is 0 Å². The first-order valence-corrected chi connectivity index (χ1v) is 9.99. The highest BCUT2D eigenvalue weighted by atomic mass is 16.5. The van der Waals surface area contributed by atoms with Gasteiger partial charge in [-0.15, -0.1) is 0 Å². The first-order chi connectivity index (χ1) is 10.6. The summed E-state index contributed by atoms with van der Waals surface area (Å²) < 4.78 is 5.77. The monoisotopic (exact) mass is 343 g/mol. The molecule has 2 heteroatoms. The first-order valence-electron chi connectivity index (χ1n) is 9.99. The molecule has 0 heterocycles. The molecule has 0 bridgehead atoms. The minimum atomic E-state index is 0. The van der Waals surface area contributed by atoms with Crippen molar-refractivity contribution in [1.29, 1.82) is 0 Å². The van der Waals surface area contributed by atoms with Crippen molar-refractivity contribution in [2.75, 3.05) is 0 Å². The van der Waals surface area contributed by atoms with E-state index in [-0.39, 0.29) is 14.9 Å². The van der Waals surface area contributed by atoms with Gasteiger partial charge in [0.25, 0.3) is 0 Å². The molecule has 0 saturated heterocycles. The highest BCUT2D eigenvalue weighted by molar-refractivity contribution is 4.72. The van der Waals surface area contributed by atoms with E-state index in [1.165, 1.54) is 77.0 Å². The van der Waals surface area contributed by atoms with Crippen LogP contribution in [-0.4, -0.2) is 24.3 Å². The summed E-state index contributed by atoms with van der Waals surface area (Å²) in [4.78, 5) is 0. The summed E-state index contributed by atoms with van der Waals surface area (Å²) >= 11 is 0. The molecule has 24 heavy (non-hydrogen) atoms. The Morgan fingerprint density at radius 1 is 0.667 bits per heavy atom. The van der Waals surface area contributed by atoms with Crippen LogP contribution < -0.4 is 5.32 Å². The Balaban J connectivity index is 0. The number of nitrogens with one attached hydrogen (secondary N) is 1. The molecule has 0 radical (unpaired) electrons. The second kappa shape index (κ2) is 16.4. The normalized spacial score (nSPS) is 20.2. The molecule has 0 aliphatic heterocycles. The molecule has 0 spiro atoms. The average molecular weight is 344 g/mol. The van der Waals surface area contributed by atoms with E-state index >= 15 is 0 Å². The Morgan fingerprint density at radius 2 is 1.08 bits per heavy atom. The molecule has 2 nitrogen and oxygen atoms in total. The van der Waals surface area contributed by atoms with Gasteiger partial charge >= 0.3 is 0 Å². The van der Waals surface area contributed by atoms with Crippen LogP contribution in [0.1, 0.15) is 120 Å². The summed E-state index contributed by atoms with van der Waals surface area (Å²) in [6, 6.07) is 1.48. The Kier molecular flexibility index (Phi) is 17.9. The Bertz CT molecular complexity index is 210. The molecular formula is C22H49NO. The minimum Gasteiger partial charge on any atom is -0.376 e. The van der Waals surface area contributed by atoms with Crippen LogP contribution in [0, 0.1) is 0 Å². The van der Waals surface area contributed by atoms with Gasteiger partial charge in [-0.3, -0.25) is 0 Å². The molecule has 2 aliphatic rings. The van der Waals surface area contributed by atoms with Gasteiger partial charge < -0.3 is 10.1 Å². The number of ether oxygens (including phenoxy) is 1. The van der Waals surface area contributed by atoms with Crippen LogP contribution in [0.4, 0.5) is 0 Å². The largest absolute Gasteiger partial charge is 0.376 e. The van der Waals surface area contributed by atoms with E-state index < -0.39 is 0 Å². The fraction of sp³-hybridized carbons (Fsp3) is 1.00. The van der Waals surface area contributed by atoms with Crippen molar-refractivity contribution in [2.24, 2.45) is 0 Å². The molecule has 2 fully saturated rings. The smallest absolute Gasteiger partial charge is 0.0578 e. The van der Waals surface area contributed by atoms with Crippen LogP contribution in [0.15, 0.2) is 0 Å². The van der Waals surface area contributed by atoms with E-state index in [0.29, 0.717) is 18.2 Å². The molecule has 2 saturated carbocycles. The van der Waals surface area contributed by atoms with E-state index in [2.05, 4.69) is 33.0 Å². The van der Waals surface area contributed by atoms with Gasteiger partial charge in [0.05, 0.1) is 12.2 Å². The fourth-order valence-corrected chi connectivity index (χ4v) is 3.68. The number of hydrogen-bond donors (Lipinski definition) is 1. The average Bonchev–Trinajstić information content (AvgIpc) is 2.83. The van der Waals surface area contributed by atoms with Gasteiger partial charge in [0, 0.05) is 12.1 Å². The maximum Gasteiger partial charge on any atom is 0.0578 e. The fourth-order valence-electron chi connectivity index (χ4n) is 3.68. The Labute approximate surface area is 154 Å². The summed E-state index contributed by atoms with van der Waals surface area (Å²) in [6.07, 6.45) is 17.7. The van der Waals surface area contributed by atoms with Gasteiger partial charge in [-0.1, -0.05) is 80.1 Å². The zero-order valence-electron chi connectivity index (χ0n) is 15.7. The van der Waals surface area contributed by atoms with Crippen molar-refractivity contribution in [3.63, 3.8) is 0 Å². The predicted octanol–water partition coefficient (Wildman–Crippen LogP) is 7.11. The summed E-state index contributed by atoms with van der Waals surface area (Å²) in [6.45, 7) is 8.74. The molecular weight excluding hydrogens is 294 g/mol. The van der Waals surface area contributed by atoms with E-state index in [0.717, 1.165) is 6.04 Å². The van der Waals surface area contributed by atoms with Crippen molar-refractivity contribution in [2.45, 2.75) is 144 Å². The third-order valence-corrected chi connectivity index (χ3v) is 4.69. The maximum atomic E-state index is 5.77. The molecule has 148 valence electrons. The SMILES string of the molecule is C.C.CC(C)NC1CCCCCC1.CC(C)OC1CCCCCC1. The van der Waals surface area contributed by atoms with Crippen LogP contribution in [-0.2, 0) is 4.74 Å². The van der Waals surface area contributed by atoms with Gasteiger partial charge in [-0.2, -0.15) is 0 Å². The zero-order chi connectivity index (χ0) is 16.2. The van der Waals surface area contributed by atoms with E-state index in [9.17, 15) is 0 Å². The van der Waals surface area contributed by atoms with Crippen molar-refractivity contribution in [3.05, 3.63) is 0 Å². The molecule has 0 amide bonds. The highest BCUT2D eigenvalue weighted by Gasteiger charge is 2.13. The van der Waals surface area contributed by atoms with Crippen molar-refractivity contribution in [1.82, 2.24) is 5.32 Å². The van der Waals surface area contributed by atoms with Gasteiger partial charge in [0.2, 0.25) is 0 Å². The third-order valence-electron chi connectivity index (χ3n) is 4.69. The third kappa shape index (κ3) is 14.3. The van der Waals surface area contributed by atoms with Crippen LogP contribution in [0.3, 0.4) is 0 Å². The predicted molar refractivity (Wildman–Crippen MR) is 111 cm³/mol. The lowest BCUT2D eigenvalue weighted by atomic mass is 10.1. The van der Waals surface area contributed by atoms with Crippen LogP contribution in [0.2, 0.25) is 0 Å². The van der Waals surface area contributed by atoms with Crippen LogP contribution >= 0.6 is 0 Å². The molecule has 1 N–H and O–H groups in total. The van der Waals surface area contributed by atoms with Gasteiger partial charge in [-0.05, 0) is 39.5 Å². The molecule has 0 aromatic rings. The van der Waals surface area contributed by atoms with Crippen molar-refractivity contribution >= 4 is 0 Å². The van der Waals surface area contributed by atoms with Gasteiger partial charge in [0.1, 0.15) is 0 Å². The lowest BCUT2D eigenvalue weighted by molar-refractivity contribution is 0.0000235. The lowest BCUT2D eigenvalue weighted by Gasteiger charge is -2.18. The molecule has 0 aromatic heterocycles. The van der Waals surface area contributed by atoms with E-state index in [4.69, 9.17) is 4.74 Å². The van der Waals surface area contributed by atoms with Crippen LogP contribution in [0.25, 0.3) is 0 Å². The quantitative estimate of drug-likeness (QED) is 0.549. The minimum absolute atomic E-state index is 0. The Morgan fingerprint density at radius 3 is 1.46 bits per heavy atom. The molecule has 2 aliphatic carbocycles. The summed E-state index contributed by atoms with van der Waals surface area (Å²) in [7, 11) is 0. The topological polar surface area (TPSA) is 21.3 Å². The molecule has 0 atom stereocenters. The molecule has 2 rings (SSSR count). The maximum absolute atomic E-state index is 5.77. The van der Waals surface area contributed by atoms with Crippen molar-refractivity contribution < 1.29 is 4.74 Å². The molecule has 0 unspecified atom stereocenters. The Hall–Kier alpha value is -0.0800. The van der Waals surface area contributed by atoms with E-state index in [1.807, 2.05) is 0 Å².